The predicted molar refractivity (Wildman–Crippen MR) is 54.7 cm³/mol. The SMILES string of the molecule is Cn1ccnc1NCC(C)(C)C(N)=O. The first-order chi connectivity index (χ1) is 6.43. The zero-order valence-electron chi connectivity index (χ0n) is 8.74. The van der Waals surface area contributed by atoms with Crippen LogP contribution in [0.15, 0.2) is 12.4 Å². The summed E-state index contributed by atoms with van der Waals surface area (Å²) in [5.74, 6) is 0.415. The molecule has 0 radical (unpaired) electrons. The molecule has 0 aliphatic heterocycles. The first-order valence-electron chi connectivity index (χ1n) is 4.44. The maximum absolute atomic E-state index is 11.0. The highest BCUT2D eigenvalue weighted by Gasteiger charge is 2.24. The Morgan fingerprint density at radius 3 is 2.79 bits per heavy atom. The fourth-order valence-electron chi connectivity index (χ4n) is 0.923. The van der Waals surface area contributed by atoms with Crippen LogP contribution >= 0.6 is 0 Å². The van der Waals surface area contributed by atoms with E-state index >= 15 is 0 Å². The molecule has 0 bridgehead atoms. The topological polar surface area (TPSA) is 72.9 Å². The van der Waals surface area contributed by atoms with Crippen molar-refractivity contribution >= 4 is 11.9 Å². The summed E-state index contributed by atoms with van der Waals surface area (Å²) in [6.07, 6.45) is 3.53. The van der Waals surface area contributed by atoms with Crippen molar-refractivity contribution in [2.24, 2.45) is 18.2 Å². The van der Waals surface area contributed by atoms with E-state index in [0.29, 0.717) is 6.54 Å². The summed E-state index contributed by atoms with van der Waals surface area (Å²) in [6, 6.07) is 0. The van der Waals surface area contributed by atoms with Crippen LogP contribution in [0.2, 0.25) is 0 Å². The maximum atomic E-state index is 11.0. The van der Waals surface area contributed by atoms with Crippen molar-refractivity contribution in [3.8, 4) is 0 Å². The van der Waals surface area contributed by atoms with Gasteiger partial charge in [-0.3, -0.25) is 4.79 Å². The molecule has 3 N–H and O–H groups in total. The number of imidazole rings is 1. The monoisotopic (exact) mass is 196 g/mol. The van der Waals surface area contributed by atoms with Gasteiger partial charge in [-0.25, -0.2) is 4.98 Å². The van der Waals surface area contributed by atoms with Gasteiger partial charge < -0.3 is 15.6 Å². The second-order valence-corrected chi connectivity index (χ2v) is 3.96. The van der Waals surface area contributed by atoms with Crippen molar-refractivity contribution in [1.82, 2.24) is 9.55 Å². The molecule has 0 atom stereocenters. The number of primary amides is 1. The number of carbonyl (C=O) groups excluding carboxylic acids is 1. The van der Waals surface area contributed by atoms with Crippen LogP contribution < -0.4 is 11.1 Å². The van der Waals surface area contributed by atoms with E-state index in [1.165, 1.54) is 0 Å². The molecule has 0 saturated heterocycles. The summed E-state index contributed by atoms with van der Waals surface area (Å²) >= 11 is 0. The highest BCUT2D eigenvalue weighted by Crippen LogP contribution is 2.14. The minimum Gasteiger partial charge on any atom is -0.369 e. The summed E-state index contributed by atoms with van der Waals surface area (Å²) in [5, 5.41) is 3.07. The van der Waals surface area contributed by atoms with Gasteiger partial charge >= 0.3 is 0 Å². The highest BCUT2D eigenvalue weighted by molar-refractivity contribution is 5.80. The van der Waals surface area contributed by atoms with Gasteiger partial charge in [0.2, 0.25) is 11.9 Å². The van der Waals surface area contributed by atoms with E-state index in [4.69, 9.17) is 5.73 Å². The lowest BCUT2D eigenvalue weighted by Crippen LogP contribution is -2.37. The van der Waals surface area contributed by atoms with Crippen LogP contribution in [-0.4, -0.2) is 22.0 Å². The fourth-order valence-corrected chi connectivity index (χ4v) is 0.923. The molecule has 0 unspecified atom stereocenters. The Kier molecular flexibility index (Phi) is 2.78. The summed E-state index contributed by atoms with van der Waals surface area (Å²) in [4.78, 5) is 15.1. The largest absolute Gasteiger partial charge is 0.369 e. The Bertz CT molecular complexity index is 329. The van der Waals surface area contributed by atoms with Gasteiger partial charge in [-0.2, -0.15) is 0 Å². The normalized spacial score (nSPS) is 11.4. The molecule has 1 aromatic rings. The van der Waals surface area contributed by atoms with Crippen LogP contribution in [0.5, 0.6) is 0 Å². The lowest BCUT2D eigenvalue weighted by atomic mass is 9.93. The molecule has 5 nitrogen and oxygen atoms in total. The summed E-state index contributed by atoms with van der Waals surface area (Å²) < 4.78 is 1.84. The van der Waals surface area contributed by atoms with Gasteiger partial charge in [0, 0.05) is 26.0 Å². The third kappa shape index (κ3) is 2.25. The molecule has 0 fully saturated rings. The second kappa shape index (κ2) is 3.69. The Labute approximate surface area is 83.3 Å². The van der Waals surface area contributed by atoms with E-state index in [1.54, 1.807) is 20.0 Å². The van der Waals surface area contributed by atoms with Crippen LogP contribution in [0.1, 0.15) is 13.8 Å². The molecular weight excluding hydrogens is 180 g/mol. The van der Waals surface area contributed by atoms with Crippen LogP contribution in [0.4, 0.5) is 5.95 Å². The molecule has 0 aliphatic rings. The number of hydrogen-bond acceptors (Lipinski definition) is 3. The summed E-state index contributed by atoms with van der Waals surface area (Å²) in [5.41, 5.74) is 4.68. The standard InChI is InChI=1S/C9H16N4O/c1-9(2,7(10)14)6-12-8-11-4-5-13(8)3/h4-5H,6H2,1-3H3,(H2,10,14)(H,11,12). The van der Waals surface area contributed by atoms with E-state index in [2.05, 4.69) is 10.3 Å². The molecule has 0 spiro atoms. The van der Waals surface area contributed by atoms with Crippen LogP contribution in [0.25, 0.3) is 0 Å². The molecule has 1 aromatic heterocycles. The molecule has 78 valence electrons. The summed E-state index contributed by atoms with van der Waals surface area (Å²) in [7, 11) is 1.88. The zero-order valence-corrected chi connectivity index (χ0v) is 8.74. The lowest BCUT2D eigenvalue weighted by molar-refractivity contribution is -0.125. The number of anilines is 1. The van der Waals surface area contributed by atoms with Gasteiger partial charge in [0.05, 0.1) is 5.41 Å². The molecule has 1 amide bonds. The van der Waals surface area contributed by atoms with Crippen LogP contribution in [0, 0.1) is 5.41 Å². The number of amides is 1. The number of aromatic nitrogens is 2. The molecule has 0 saturated carbocycles. The number of nitrogens with zero attached hydrogens (tertiary/aromatic N) is 2. The lowest BCUT2D eigenvalue weighted by Gasteiger charge is -2.20. The quantitative estimate of drug-likeness (QED) is 0.729. The number of carbonyl (C=O) groups is 1. The molecule has 1 heterocycles. The number of nitrogens with one attached hydrogen (secondary N) is 1. The first kappa shape index (κ1) is 10.6. The van der Waals surface area contributed by atoms with Crippen molar-refractivity contribution in [1.29, 1.82) is 0 Å². The molecule has 0 aliphatic carbocycles. The third-order valence-electron chi connectivity index (χ3n) is 2.18. The van der Waals surface area contributed by atoms with Crippen LogP contribution in [-0.2, 0) is 11.8 Å². The predicted octanol–water partition coefficient (Wildman–Crippen LogP) is 0.343. The van der Waals surface area contributed by atoms with Gasteiger partial charge in [-0.1, -0.05) is 0 Å². The van der Waals surface area contributed by atoms with Crippen molar-refractivity contribution in [3.63, 3.8) is 0 Å². The minimum atomic E-state index is -0.564. The molecule has 0 aromatic carbocycles. The van der Waals surface area contributed by atoms with Crippen molar-refractivity contribution in [2.75, 3.05) is 11.9 Å². The third-order valence-corrected chi connectivity index (χ3v) is 2.18. The number of rotatable bonds is 4. The average Bonchev–Trinajstić information content (AvgIpc) is 2.47. The van der Waals surface area contributed by atoms with Gasteiger partial charge in [-0.15, -0.1) is 0 Å². The number of nitrogens with two attached hydrogens (primary N) is 1. The van der Waals surface area contributed by atoms with Gasteiger partial charge in [0.25, 0.3) is 0 Å². The fraction of sp³-hybridized carbons (Fsp3) is 0.556. The number of hydrogen-bond donors (Lipinski definition) is 2. The Morgan fingerprint density at radius 2 is 2.36 bits per heavy atom. The van der Waals surface area contributed by atoms with Crippen molar-refractivity contribution < 1.29 is 4.79 Å². The minimum absolute atomic E-state index is 0.320. The Balaban J connectivity index is 2.57. The molecule has 1 rings (SSSR count). The van der Waals surface area contributed by atoms with E-state index in [0.717, 1.165) is 5.95 Å². The van der Waals surface area contributed by atoms with E-state index in [-0.39, 0.29) is 5.91 Å². The first-order valence-corrected chi connectivity index (χ1v) is 4.44. The number of aryl methyl sites for hydroxylation is 1. The molecular formula is C9H16N4O. The maximum Gasteiger partial charge on any atom is 0.224 e. The summed E-state index contributed by atoms with van der Waals surface area (Å²) in [6.45, 7) is 4.07. The van der Waals surface area contributed by atoms with Gasteiger partial charge in [0.15, 0.2) is 0 Å². The van der Waals surface area contributed by atoms with Gasteiger partial charge in [-0.05, 0) is 13.8 Å². The van der Waals surface area contributed by atoms with Crippen molar-refractivity contribution in [2.45, 2.75) is 13.8 Å². The highest BCUT2D eigenvalue weighted by atomic mass is 16.1. The van der Waals surface area contributed by atoms with E-state index < -0.39 is 5.41 Å². The Hall–Kier alpha value is -1.52. The smallest absolute Gasteiger partial charge is 0.224 e. The second-order valence-electron chi connectivity index (χ2n) is 3.96. The van der Waals surface area contributed by atoms with E-state index in [9.17, 15) is 4.79 Å². The van der Waals surface area contributed by atoms with E-state index in [1.807, 2.05) is 17.8 Å². The molecule has 5 heteroatoms. The van der Waals surface area contributed by atoms with Crippen LogP contribution in [0.3, 0.4) is 0 Å². The zero-order chi connectivity index (χ0) is 10.8. The average molecular weight is 196 g/mol. The molecule has 14 heavy (non-hydrogen) atoms. The van der Waals surface area contributed by atoms with Gasteiger partial charge in [0.1, 0.15) is 0 Å². The Morgan fingerprint density at radius 1 is 1.71 bits per heavy atom. The van der Waals surface area contributed by atoms with Crippen molar-refractivity contribution in [3.05, 3.63) is 12.4 Å².